The summed E-state index contributed by atoms with van der Waals surface area (Å²) in [7, 11) is -1.18. The van der Waals surface area contributed by atoms with Gasteiger partial charge in [-0.3, -0.25) is 0 Å². The zero-order valence-corrected chi connectivity index (χ0v) is 43.6. The third-order valence-electron chi connectivity index (χ3n) is 12.4. The summed E-state index contributed by atoms with van der Waals surface area (Å²) >= 11 is 0. The summed E-state index contributed by atoms with van der Waals surface area (Å²) in [5.74, 6) is 0. The predicted molar refractivity (Wildman–Crippen MR) is 255 cm³/mol. The fourth-order valence-corrected chi connectivity index (χ4v) is 15.1. The normalized spacial score (nSPS) is 13.4. The first-order valence-electron chi connectivity index (χ1n) is 26.1. The Labute approximate surface area is 374 Å². The fraction of sp³-hybridized carbons (Fsp3) is 1.00. The van der Waals surface area contributed by atoms with E-state index < -0.39 is 17.6 Å². The van der Waals surface area contributed by atoms with Crippen LogP contribution in [0.2, 0.25) is 24.2 Å². The average molecular weight is 855 g/mol. The van der Waals surface area contributed by atoms with E-state index in [0.717, 1.165) is 6.42 Å². The van der Waals surface area contributed by atoms with Gasteiger partial charge in [0.25, 0.3) is 0 Å². The van der Waals surface area contributed by atoms with Crippen molar-refractivity contribution in [3.63, 3.8) is 0 Å². The van der Waals surface area contributed by atoms with Crippen LogP contribution in [0.25, 0.3) is 0 Å². The molecule has 0 bridgehead atoms. The first-order valence-corrected chi connectivity index (χ1v) is 30.1. The Morgan fingerprint density at radius 2 is 0.500 bits per heavy atom. The van der Waals surface area contributed by atoms with Crippen molar-refractivity contribution < 1.29 is 31.2 Å². The summed E-state index contributed by atoms with van der Waals surface area (Å²) in [6, 6.07) is 5.86. The Morgan fingerprint density at radius 3 is 0.732 bits per heavy atom. The minimum absolute atomic E-state index is 0. The molecule has 0 fully saturated rings. The molecule has 0 saturated carbocycles. The van der Waals surface area contributed by atoms with E-state index in [0.29, 0.717) is 11.5 Å². The predicted octanol–water partition coefficient (Wildman–Crippen LogP) is 18.7. The first kappa shape index (κ1) is 59.2. The van der Waals surface area contributed by atoms with Crippen molar-refractivity contribution in [2.75, 3.05) is 0 Å². The molecule has 0 aromatic carbocycles. The molecule has 0 aliphatic rings. The van der Waals surface area contributed by atoms with Gasteiger partial charge < -0.3 is 9.47 Å². The molecule has 0 aromatic heterocycles. The van der Waals surface area contributed by atoms with Gasteiger partial charge in [0, 0.05) is 33.2 Å². The minimum Gasteiger partial charge on any atom is -0.353 e. The van der Waals surface area contributed by atoms with Crippen LogP contribution >= 0.6 is 0 Å². The molecule has 0 N–H and O–H groups in total. The number of unbranched alkanes of at least 4 members (excludes halogenated alkanes) is 28. The topological polar surface area (TPSA) is 18.5 Å². The fourth-order valence-electron chi connectivity index (χ4n) is 8.62. The van der Waals surface area contributed by atoms with Gasteiger partial charge in [-0.1, -0.05) is 291 Å². The minimum atomic E-state index is -0.591. The van der Waals surface area contributed by atoms with Gasteiger partial charge in [0.15, 0.2) is 6.29 Å². The maximum atomic E-state index is 7.46. The van der Waals surface area contributed by atoms with Crippen LogP contribution in [0.15, 0.2) is 0 Å². The zero-order valence-electron chi connectivity index (χ0n) is 40.0. The van der Waals surface area contributed by atoms with Crippen LogP contribution in [0.1, 0.15) is 286 Å². The maximum absolute atomic E-state index is 7.46. The molecule has 2 nitrogen and oxygen atoms in total. The molecule has 334 valence electrons. The number of hydrogen-bond donors (Lipinski definition) is 0. The monoisotopic (exact) mass is 855 g/mol. The molecule has 2 atom stereocenters. The summed E-state index contributed by atoms with van der Waals surface area (Å²) in [6.07, 6.45) is 51.3. The van der Waals surface area contributed by atoms with Crippen molar-refractivity contribution in [1.29, 1.82) is 0 Å². The third kappa shape index (κ3) is 38.0. The van der Waals surface area contributed by atoms with Crippen LogP contribution < -0.4 is 0 Å². The molecule has 0 rings (SSSR count). The van der Waals surface area contributed by atoms with Crippen LogP contribution in [-0.4, -0.2) is 35.3 Å². The number of rotatable bonds is 47. The van der Waals surface area contributed by atoms with Crippen LogP contribution in [-0.2, 0) is 31.2 Å². The van der Waals surface area contributed by atoms with Crippen LogP contribution in [0.4, 0.5) is 0 Å². The molecule has 0 aromatic rings. The Morgan fingerprint density at radius 1 is 0.286 bits per heavy atom. The van der Waals surface area contributed by atoms with Crippen molar-refractivity contribution in [3.8, 4) is 0 Å². The van der Waals surface area contributed by atoms with E-state index in [1.165, 1.54) is 255 Å². The Bertz CT molecular complexity index is 623. The van der Waals surface area contributed by atoms with Crippen molar-refractivity contribution in [3.05, 3.63) is 0 Å². The van der Waals surface area contributed by atoms with Gasteiger partial charge in [-0.15, -0.1) is 0 Å². The molecule has 2 radical (unpaired) electrons. The second-order valence-electron chi connectivity index (χ2n) is 17.9. The Balaban J connectivity index is 0. The van der Waals surface area contributed by atoms with Gasteiger partial charge in [0.2, 0.25) is 0 Å². The molecular weight excluding hydrogens is 749 g/mol. The summed E-state index contributed by atoms with van der Waals surface area (Å²) in [5, 5.41) is 0. The zero-order chi connectivity index (χ0) is 40.3. The van der Waals surface area contributed by atoms with E-state index in [4.69, 9.17) is 9.47 Å². The van der Waals surface area contributed by atoms with Gasteiger partial charge in [-0.25, -0.2) is 0 Å². The molecule has 0 spiro atoms. The van der Waals surface area contributed by atoms with E-state index in [1.54, 1.807) is 0 Å². The van der Waals surface area contributed by atoms with Gasteiger partial charge in [-0.2, -0.15) is 0 Å². The van der Waals surface area contributed by atoms with E-state index >= 15 is 0 Å². The standard InChI is InChI=1S/C51H106O2Si2.Ti/c1-8-15-21-27-33-39-45-54(46-40-34-28-22-16-9-2)50(43-37-31-25-19-12-5)52-49(14-7)53-51(44-38-32-26-20-13-6)55(47-41-35-29-23-17-10-3)48-42-36-30-24-18-11-4;/h49-51H,8-48H2,1-7H3;. The second kappa shape index (κ2) is 48.7. The van der Waals surface area contributed by atoms with Crippen LogP contribution in [0, 0.1) is 0 Å². The summed E-state index contributed by atoms with van der Waals surface area (Å²) < 4.78 is 14.9. The van der Waals surface area contributed by atoms with Crippen molar-refractivity contribution >= 4 is 17.6 Å². The molecule has 56 heavy (non-hydrogen) atoms. The van der Waals surface area contributed by atoms with E-state index in [-0.39, 0.29) is 28.0 Å². The smallest absolute Gasteiger partial charge is 0.157 e. The van der Waals surface area contributed by atoms with Crippen LogP contribution in [0.3, 0.4) is 0 Å². The van der Waals surface area contributed by atoms with E-state index in [9.17, 15) is 0 Å². The molecule has 0 saturated heterocycles. The summed E-state index contributed by atoms with van der Waals surface area (Å²) in [5.41, 5.74) is 0.946. The number of ether oxygens (including phenoxy) is 2. The largest absolute Gasteiger partial charge is 0.353 e. The van der Waals surface area contributed by atoms with E-state index in [2.05, 4.69) is 48.5 Å². The SMILES string of the molecule is CCCCCCCC[Si](CCCCCCCC)C(CCCCCCC)OC(CC)OC(CCCCCCC)[Si](CCCCCCCC)CCCCCCCC.[Ti]. The van der Waals surface area contributed by atoms with Gasteiger partial charge in [-0.05, 0) is 19.3 Å². The van der Waals surface area contributed by atoms with Gasteiger partial charge >= 0.3 is 0 Å². The molecule has 5 heteroatoms. The molecule has 0 amide bonds. The molecule has 0 aliphatic heterocycles. The van der Waals surface area contributed by atoms with E-state index in [1.807, 2.05) is 0 Å². The van der Waals surface area contributed by atoms with Gasteiger partial charge in [0.05, 0.1) is 17.6 Å². The molecule has 0 heterocycles. The summed E-state index contributed by atoms with van der Waals surface area (Å²) in [4.78, 5) is 0. The van der Waals surface area contributed by atoms with Crippen LogP contribution in [0.5, 0.6) is 0 Å². The molecule has 2 unspecified atom stereocenters. The Kier molecular flexibility index (Phi) is 51.5. The molecule has 0 aliphatic carbocycles. The quantitative estimate of drug-likeness (QED) is 0.0345. The van der Waals surface area contributed by atoms with Crippen molar-refractivity contribution in [2.24, 2.45) is 0 Å². The van der Waals surface area contributed by atoms with Crippen molar-refractivity contribution in [2.45, 2.75) is 328 Å². The van der Waals surface area contributed by atoms with Gasteiger partial charge in [0.1, 0.15) is 0 Å². The third-order valence-corrected chi connectivity index (χ3v) is 19.1. The maximum Gasteiger partial charge on any atom is 0.157 e. The number of hydrogen-bond acceptors (Lipinski definition) is 2. The second-order valence-corrected chi connectivity index (χ2v) is 23.8. The van der Waals surface area contributed by atoms with Crippen molar-refractivity contribution in [1.82, 2.24) is 0 Å². The first-order chi connectivity index (χ1) is 27.1. The summed E-state index contributed by atoms with van der Waals surface area (Å²) in [6.45, 7) is 16.5. The molecular formula is C51H106O2Si2Ti. The Hall–Kier alpha value is 1.07. The average Bonchev–Trinajstić information content (AvgIpc) is 3.19.